The summed E-state index contributed by atoms with van der Waals surface area (Å²) >= 11 is 8.11. The maximum atomic E-state index is 9.93. The van der Waals surface area contributed by atoms with Crippen LogP contribution in [0.4, 0.5) is 5.82 Å². The summed E-state index contributed by atoms with van der Waals surface area (Å²) in [7, 11) is 1.55. The van der Waals surface area contributed by atoms with Crippen molar-refractivity contribution in [2.24, 2.45) is 0 Å². The fourth-order valence-electron chi connectivity index (χ4n) is 3.52. The summed E-state index contributed by atoms with van der Waals surface area (Å²) in [6.07, 6.45) is 1.64. The van der Waals surface area contributed by atoms with Gasteiger partial charge in [0.05, 0.1) is 21.9 Å². The molecule has 0 saturated carbocycles. The summed E-state index contributed by atoms with van der Waals surface area (Å²) in [4.78, 5) is 0. The zero-order valence-electron chi connectivity index (χ0n) is 19.1. The van der Waals surface area contributed by atoms with Crippen LogP contribution in [0.25, 0.3) is 17.3 Å². The van der Waals surface area contributed by atoms with Gasteiger partial charge in [0, 0.05) is 5.02 Å². The highest BCUT2D eigenvalue weighted by atomic mass is 127. The Morgan fingerprint density at radius 3 is 2.50 bits per heavy atom. The molecular weight excluding hydrogens is 589 g/mol. The van der Waals surface area contributed by atoms with Crippen LogP contribution in [0, 0.1) is 26.2 Å². The van der Waals surface area contributed by atoms with Crippen molar-refractivity contribution in [1.82, 2.24) is 9.78 Å². The standard InChI is InChI=1S/C27H19ClIN5O2/c1-35-24-13-18(12-23(29)26(24)36-16-17-7-9-20(28)10-8-17)11-19(14-30)25-22(15-31)27(32)34(33-25)21-5-3-2-4-6-21/h2-13H,16,32H2,1H3. The monoisotopic (exact) mass is 607 g/mol. The number of methoxy groups -OCH3 is 1. The minimum absolute atomic E-state index is 0.135. The first-order valence-electron chi connectivity index (χ1n) is 10.7. The van der Waals surface area contributed by atoms with Crippen LogP contribution >= 0.6 is 34.2 Å². The molecule has 0 bridgehead atoms. The lowest BCUT2D eigenvalue weighted by atomic mass is 10.1. The molecule has 0 unspecified atom stereocenters. The van der Waals surface area contributed by atoms with Crippen molar-refractivity contribution < 1.29 is 9.47 Å². The molecule has 1 heterocycles. The molecule has 0 aliphatic carbocycles. The van der Waals surface area contributed by atoms with E-state index < -0.39 is 0 Å². The maximum absolute atomic E-state index is 9.93. The van der Waals surface area contributed by atoms with Crippen molar-refractivity contribution in [2.75, 3.05) is 12.8 Å². The van der Waals surface area contributed by atoms with Gasteiger partial charge in [-0.05, 0) is 76.2 Å². The van der Waals surface area contributed by atoms with Crippen molar-refractivity contribution in [3.8, 4) is 29.3 Å². The minimum Gasteiger partial charge on any atom is -0.493 e. The van der Waals surface area contributed by atoms with E-state index in [1.54, 1.807) is 31.4 Å². The van der Waals surface area contributed by atoms with Gasteiger partial charge >= 0.3 is 0 Å². The average Bonchev–Trinajstić information content (AvgIpc) is 3.23. The molecule has 0 spiro atoms. The van der Waals surface area contributed by atoms with Gasteiger partial charge < -0.3 is 15.2 Å². The number of nitrogen functional groups attached to an aromatic ring is 1. The average molecular weight is 608 g/mol. The largest absolute Gasteiger partial charge is 0.493 e. The van der Waals surface area contributed by atoms with Gasteiger partial charge in [-0.1, -0.05) is 41.9 Å². The number of hydrogen-bond acceptors (Lipinski definition) is 6. The molecule has 4 rings (SSSR count). The highest BCUT2D eigenvalue weighted by molar-refractivity contribution is 14.1. The highest BCUT2D eigenvalue weighted by Gasteiger charge is 2.20. The van der Waals surface area contributed by atoms with Gasteiger partial charge in [-0.25, -0.2) is 4.68 Å². The molecule has 3 aromatic carbocycles. The molecular formula is C27H19ClIN5O2. The Labute approximate surface area is 227 Å². The molecule has 178 valence electrons. The number of benzene rings is 3. The normalized spacial score (nSPS) is 11.0. The number of nitrogens with two attached hydrogens (primary N) is 1. The molecule has 0 saturated heterocycles. The van der Waals surface area contributed by atoms with Gasteiger partial charge in [-0.15, -0.1) is 0 Å². The molecule has 4 aromatic rings. The molecule has 1 aromatic heterocycles. The molecule has 2 N–H and O–H groups in total. The second-order valence-electron chi connectivity index (χ2n) is 7.59. The Bertz CT molecular complexity index is 1520. The molecule has 0 atom stereocenters. The number of nitriles is 2. The van der Waals surface area contributed by atoms with Gasteiger partial charge in [0.15, 0.2) is 11.5 Å². The molecule has 0 aliphatic rings. The molecule has 7 nitrogen and oxygen atoms in total. The lowest BCUT2D eigenvalue weighted by Gasteiger charge is -2.14. The van der Waals surface area contributed by atoms with Crippen LogP contribution in [0.2, 0.25) is 5.02 Å². The van der Waals surface area contributed by atoms with Crippen LogP contribution < -0.4 is 15.2 Å². The smallest absolute Gasteiger partial charge is 0.174 e. The molecule has 0 radical (unpaired) electrons. The zero-order chi connectivity index (χ0) is 25.7. The Kier molecular flexibility index (Phi) is 7.79. The highest BCUT2D eigenvalue weighted by Crippen LogP contribution is 2.36. The van der Waals surface area contributed by atoms with Crippen LogP contribution in [-0.2, 0) is 6.61 Å². The third-order valence-electron chi connectivity index (χ3n) is 5.27. The molecule has 36 heavy (non-hydrogen) atoms. The Balaban J connectivity index is 1.69. The quantitative estimate of drug-likeness (QED) is 0.197. The van der Waals surface area contributed by atoms with Crippen LogP contribution in [0.5, 0.6) is 11.5 Å². The lowest BCUT2D eigenvalue weighted by Crippen LogP contribution is -2.02. The third kappa shape index (κ3) is 5.30. The number of allylic oxidation sites excluding steroid dienone is 1. The maximum Gasteiger partial charge on any atom is 0.174 e. The Hall–Kier alpha value is -3.99. The second kappa shape index (κ2) is 11.2. The second-order valence-corrected chi connectivity index (χ2v) is 9.19. The van der Waals surface area contributed by atoms with E-state index in [9.17, 15) is 10.5 Å². The summed E-state index contributed by atoms with van der Waals surface area (Å²) in [6.45, 7) is 0.337. The number of nitrogens with zero attached hydrogens (tertiary/aromatic N) is 4. The lowest BCUT2D eigenvalue weighted by molar-refractivity contribution is 0.282. The topological polar surface area (TPSA) is 110 Å². The van der Waals surface area contributed by atoms with Gasteiger partial charge in [-0.2, -0.15) is 15.6 Å². The predicted molar refractivity (Wildman–Crippen MR) is 148 cm³/mol. The van der Waals surface area contributed by atoms with E-state index in [1.165, 1.54) is 4.68 Å². The Morgan fingerprint density at radius 2 is 1.86 bits per heavy atom. The minimum atomic E-state index is 0.135. The van der Waals surface area contributed by atoms with Gasteiger partial charge in [0.1, 0.15) is 35.8 Å². The van der Waals surface area contributed by atoms with Crippen molar-refractivity contribution in [2.45, 2.75) is 6.61 Å². The number of anilines is 1. The molecule has 0 fully saturated rings. The van der Waals surface area contributed by atoms with Crippen LogP contribution in [0.15, 0.2) is 66.7 Å². The van der Waals surface area contributed by atoms with Crippen LogP contribution in [0.1, 0.15) is 22.4 Å². The van der Waals surface area contributed by atoms with Crippen LogP contribution in [0.3, 0.4) is 0 Å². The molecule has 9 heteroatoms. The van der Waals surface area contributed by atoms with E-state index >= 15 is 0 Å². The third-order valence-corrected chi connectivity index (χ3v) is 6.32. The number of aromatic nitrogens is 2. The Morgan fingerprint density at radius 1 is 1.14 bits per heavy atom. The number of ether oxygens (including phenoxy) is 2. The summed E-state index contributed by atoms with van der Waals surface area (Å²) in [5.74, 6) is 1.26. The number of hydrogen-bond donors (Lipinski definition) is 1. The van der Waals surface area contributed by atoms with Crippen molar-refractivity contribution in [1.29, 1.82) is 10.5 Å². The van der Waals surface area contributed by atoms with E-state index in [2.05, 4.69) is 39.8 Å². The fraction of sp³-hybridized carbons (Fsp3) is 0.0741. The van der Waals surface area contributed by atoms with E-state index in [-0.39, 0.29) is 22.6 Å². The first-order chi connectivity index (χ1) is 17.4. The summed E-state index contributed by atoms with van der Waals surface area (Å²) in [5, 5.41) is 24.8. The fourth-order valence-corrected chi connectivity index (χ4v) is 4.42. The van der Waals surface area contributed by atoms with Crippen molar-refractivity contribution in [3.63, 3.8) is 0 Å². The number of para-hydroxylation sites is 1. The van der Waals surface area contributed by atoms with Crippen molar-refractivity contribution >= 4 is 51.7 Å². The van der Waals surface area contributed by atoms with Crippen LogP contribution in [-0.4, -0.2) is 16.9 Å². The first kappa shape index (κ1) is 25.1. The van der Waals surface area contributed by atoms with E-state index in [1.807, 2.05) is 48.5 Å². The predicted octanol–water partition coefficient (Wildman–Crippen LogP) is 6.24. The number of rotatable bonds is 7. The van der Waals surface area contributed by atoms with Gasteiger partial charge in [0.25, 0.3) is 0 Å². The van der Waals surface area contributed by atoms with Gasteiger partial charge in [-0.3, -0.25) is 0 Å². The van der Waals surface area contributed by atoms with E-state index in [0.717, 1.165) is 9.13 Å². The molecule has 0 amide bonds. The SMILES string of the molecule is COc1cc(C=C(C#N)c2nn(-c3ccccc3)c(N)c2C#N)cc(I)c1OCc1ccc(Cl)cc1. The van der Waals surface area contributed by atoms with Gasteiger partial charge in [0.2, 0.25) is 0 Å². The first-order valence-corrected chi connectivity index (χ1v) is 12.1. The number of halogens is 2. The zero-order valence-corrected chi connectivity index (χ0v) is 22.0. The van der Waals surface area contributed by atoms with E-state index in [0.29, 0.717) is 34.4 Å². The summed E-state index contributed by atoms with van der Waals surface area (Å²) in [5.41, 5.74) is 9.08. The molecule has 0 aliphatic heterocycles. The summed E-state index contributed by atoms with van der Waals surface area (Å²) in [6, 6.07) is 24.4. The van der Waals surface area contributed by atoms with E-state index in [4.69, 9.17) is 26.8 Å². The van der Waals surface area contributed by atoms with Crippen molar-refractivity contribution in [3.05, 3.63) is 97.7 Å². The summed E-state index contributed by atoms with van der Waals surface area (Å²) < 4.78 is 13.8.